The van der Waals surface area contributed by atoms with Gasteiger partial charge in [0.25, 0.3) is 5.91 Å². The first kappa shape index (κ1) is 16.6. The van der Waals surface area contributed by atoms with Crippen molar-refractivity contribution in [1.29, 1.82) is 0 Å². The Bertz CT molecular complexity index is 519. The Morgan fingerprint density at radius 3 is 2.60 bits per heavy atom. The number of hydrogen-bond acceptors (Lipinski definition) is 4. The summed E-state index contributed by atoms with van der Waals surface area (Å²) in [5, 5.41) is 9.93. The number of halogens is 2. The molecule has 0 aromatic heterocycles. The highest BCUT2D eigenvalue weighted by atomic mass is 35.5. The van der Waals surface area contributed by atoms with Gasteiger partial charge in [0, 0.05) is 20.0 Å². The van der Waals surface area contributed by atoms with E-state index in [2.05, 4.69) is 4.74 Å². The number of amides is 1. The number of phenols is 1. The van der Waals surface area contributed by atoms with Gasteiger partial charge in [-0.05, 0) is 18.6 Å². The first-order valence-electron chi connectivity index (χ1n) is 5.87. The van der Waals surface area contributed by atoms with Crippen LogP contribution in [-0.4, -0.2) is 42.6 Å². The van der Waals surface area contributed by atoms with Crippen LogP contribution in [0.25, 0.3) is 0 Å². The molecule has 0 aliphatic rings. The van der Waals surface area contributed by atoms with Gasteiger partial charge in [-0.15, -0.1) is 0 Å². The van der Waals surface area contributed by atoms with Crippen LogP contribution in [0.15, 0.2) is 12.1 Å². The van der Waals surface area contributed by atoms with E-state index >= 15 is 0 Å². The summed E-state index contributed by atoms with van der Waals surface area (Å²) in [7, 11) is 2.88. The molecule has 0 atom stereocenters. The number of ether oxygens (including phenoxy) is 1. The summed E-state index contributed by atoms with van der Waals surface area (Å²) in [6.45, 7) is 0.355. The molecule has 7 heteroatoms. The zero-order valence-corrected chi connectivity index (χ0v) is 12.7. The largest absolute Gasteiger partial charge is 0.505 e. The molecule has 1 amide bonds. The molecule has 20 heavy (non-hydrogen) atoms. The van der Waals surface area contributed by atoms with Crippen LogP contribution in [0.5, 0.6) is 5.75 Å². The number of carbonyl (C=O) groups is 2. The van der Waals surface area contributed by atoms with E-state index in [0.717, 1.165) is 0 Å². The lowest BCUT2D eigenvalue weighted by atomic mass is 10.1. The lowest BCUT2D eigenvalue weighted by Gasteiger charge is -2.18. The zero-order valence-electron chi connectivity index (χ0n) is 11.2. The fraction of sp³-hybridized carbons (Fsp3) is 0.385. The van der Waals surface area contributed by atoms with Crippen LogP contribution in [-0.2, 0) is 9.53 Å². The van der Waals surface area contributed by atoms with Crippen molar-refractivity contribution in [2.24, 2.45) is 0 Å². The second-order valence-corrected chi connectivity index (χ2v) is 4.95. The van der Waals surface area contributed by atoms with Gasteiger partial charge in [0.1, 0.15) is 10.8 Å². The molecule has 0 heterocycles. The van der Waals surface area contributed by atoms with Crippen LogP contribution in [0.4, 0.5) is 0 Å². The second kappa shape index (κ2) is 7.36. The van der Waals surface area contributed by atoms with Crippen LogP contribution in [0.1, 0.15) is 23.2 Å². The number of benzene rings is 1. The number of methoxy groups -OCH3 is 1. The molecule has 0 saturated carbocycles. The number of carbonyl (C=O) groups excluding carboxylic acids is 2. The summed E-state index contributed by atoms with van der Waals surface area (Å²) in [6.07, 6.45) is 0.693. The Morgan fingerprint density at radius 1 is 1.35 bits per heavy atom. The van der Waals surface area contributed by atoms with Gasteiger partial charge in [0.2, 0.25) is 0 Å². The van der Waals surface area contributed by atoms with Gasteiger partial charge in [-0.1, -0.05) is 23.2 Å². The van der Waals surface area contributed by atoms with Crippen molar-refractivity contribution >= 4 is 35.1 Å². The molecule has 0 spiro atoms. The van der Waals surface area contributed by atoms with Gasteiger partial charge < -0.3 is 14.7 Å². The molecule has 0 radical (unpaired) electrons. The van der Waals surface area contributed by atoms with Crippen molar-refractivity contribution in [1.82, 2.24) is 4.90 Å². The summed E-state index contributed by atoms with van der Waals surface area (Å²) in [5.74, 6) is -1.07. The second-order valence-electron chi connectivity index (χ2n) is 4.16. The third kappa shape index (κ3) is 4.02. The van der Waals surface area contributed by atoms with Crippen LogP contribution in [0, 0.1) is 0 Å². The van der Waals surface area contributed by atoms with Crippen molar-refractivity contribution < 1.29 is 19.4 Å². The average Bonchev–Trinajstić information content (AvgIpc) is 2.43. The molecule has 0 aliphatic heterocycles. The van der Waals surface area contributed by atoms with Gasteiger partial charge in [0.05, 0.1) is 17.7 Å². The molecule has 110 valence electrons. The first-order chi connectivity index (χ1) is 9.38. The fourth-order valence-electron chi connectivity index (χ4n) is 1.58. The standard InChI is InChI=1S/C13H15Cl2NO4/c1-16(7-3-4-10(17)20-2)13(19)8-5-6-9(14)11(15)12(8)18/h5-6,18H,3-4,7H2,1-2H3. The van der Waals surface area contributed by atoms with Crippen molar-refractivity contribution in [2.75, 3.05) is 20.7 Å². The number of hydrogen-bond donors (Lipinski definition) is 1. The van der Waals surface area contributed by atoms with Crippen molar-refractivity contribution in [3.8, 4) is 5.75 Å². The predicted molar refractivity (Wildman–Crippen MR) is 76.3 cm³/mol. The lowest BCUT2D eigenvalue weighted by Crippen LogP contribution is -2.28. The SMILES string of the molecule is COC(=O)CCCN(C)C(=O)c1ccc(Cl)c(Cl)c1O. The summed E-state index contributed by atoms with van der Waals surface area (Å²) in [5.41, 5.74) is 0.0694. The number of nitrogens with zero attached hydrogens (tertiary/aromatic N) is 1. The predicted octanol–water partition coefficient (Wildman–Crippen LogP) is 2.72. The lowest BCUT2D eigenvalue weighted by molar-refractivity contribution is -0.140. The molecule has 0 fully saturated rings. The third-order valence-corrected chi connectivity index (χ3v) is 3.54. The number of aromatic hydroxyl groups is 1. The Balaban J connectivity index is 2.70. The Labute approximate surface area is 127 Å². The van der Waals surface area contributed by atoms with Crippen LogP contribution < -0.4 is 0 Å². The smallest absolute Gasteiger partial charge is 0.305 e. The highest BCUT2D eigenvalue weighted by Gasteiger charge is 2.19. The Hall–Kier alpha value is -1.46. The van der Waals surface area contributed by atoms with E-state index in [1.54, 1.807) is 7.05 Å². The summed E-state index contributed by atoms with van der Waals surface area (Å²) in [6, 6.07) is 2.85. The van der Waals surface area contributed by atoms with Gasteiger partial charge in [-0.2, -0.15) is 0 Å². The molecule has 5 nitrogen and oxygen atoms in total. The maximum Gasteiger partial charge on any atom is 0.305 e. The summed E-state index contributed by atoms with van der Waals surface area (Å²) in [4.78, 5) is 24.5. The first-order valence-corrected chi connectivity index (χ1v) is 6.63. The highest BCUT2D eigenvalue weighted by molar-refractivity contribution is 6.43. The van der Waals surface area contributed by atoms with Gasteiger partial charge in [0.15, 0.2) is 0 Å². The van der Waals surface area contributed by atoms with E-state index in [1.807, 2.05) is 0 Å². The van der Waals surface area contributed by atoms with E-state index in [0.29, 0.717) is 13.0 Å². The molecular weight excluding hydrogens is 305 g/mol. The van der Waals surface area contributed by atoms with E-state index < -0.39 is 5.91 Å². The highest BCUT2D eigenvalue weighted by Crippen LogP contribution is 2.34. The minimum absolute atomic E-state index is 0.0551. The zero-order chi connectivity index (χ0) is 15.3. The Kier molecular flexibility index (Phi) is 6.10. The minimum Gasteiger partial charge on any atom is -0.505 e. The monoisotopic (exact) mass is 319 g/mol. The van der Waals surface area contributed by atoms with Crippen LogP contribution >= 0.6 is 23.2 Å². The van der Waals surface area contributed by atoms with Gasteiger partial charge >= 0.3 is 5.97 Å². The third-order valence-electron chi connectivity index (χ3n) is 2.75. The molecular formula is C13H15Cl2NO4. The maximum absolute atomic E-state index is 12.1. The summed E-state index contributed by atoms with van der Waals surface area (Å²) >= 11 is 11.5. The Morgan fingerprint density at radius 2 is 2.00 bits per heavy atom. The minimum atomic E-state index is -0.397. The number of esters is 1. The van der Waals surface area contributed by atoms with E-state index in [4.69, 9.17) is 23.2 Å². The quantitative estimate of drug-likeness (QED) is 0.847. The van der Waals surface area contributed by atoms with Crippen LogP contribution in [0.3, 0.4) is 0 Å². The normalized spacial score (nSPS) is 10.2. The van der Waals surface area contributed by atoms with E-state index in [1.165, 1.54) is 24.1 Å². The average molecular weight is 320 g/mol. The van der Waals surface area contributed by atoms with E-state index in [-0.39, 0.29) is 33.7 Å². The number of rotatable bonds is 5. The topological polar surface area (TPSA) is 66.8 Å². The molecule has 0 bridgehead atoms. The van der Waals surface area contributed by atoms with Crippen molar-refractivity contribution in [3.05, 3.63) is 27.7 Å². The van der Waals surface area contributed by atoms with Gasteiger partial charge in [-0.25, -0.2) is 0 Å². The molecule has 1 N–H and O–H groups in total. The molecule has 1 aromatic carbocycles. The van der Waals surface area contributed by atoms with E-state index in [9.17, 15) is 14.7 Å². The van der Waals surface area contributed by atoms with Crippen molar-refractivity contribution in [3.63, 3.8) is 0 Å². The molecule has 1 aromatic rings. The van der Waals surface area contributed by atoms with Gasteiger partial charge in [-0.3, -0.25) is 9.59 Å². The molecule has 0 unspecified atom stereocenters. The molecule has 0 aliphatic carbocycles. The maximum atomic E-state index is 12.1. The molecule has 0 saturated heterocycles. The fourth-order valence-corrected chi connectivity index (χ4v) is 1.90. The summed E-state index contributed by atoms with van der Waals surface area (Å²) < 4.78 is 4.51. The van der Waals surface area contributed by atoms with Crippen molar-refractivity contribution in [2.45, 2.75) is 12.8 Å². The molecule has 1 rings (SSSR count). The van der Waals surface area contributed by atoms with Crippen LogP contribution in [0.2, 0.25) is 10.0 Å². The number of phenolic OH excluding ortho intramolecular Hbond substituents is 1.